The molecule has 1 rings (SSSR count). The Morgan fingerprint density at radius 2 is 2.10 bits per heavy atom. The van der Waals surface area contributed by atoms with Crippen LogP contribution in [0.5, 0.6) is 5.75 Å². The van der Waals surface area contributed by atoms with Gasteiger partial charge in [0.25, 0.3) is 5.91 Å². The van der Waals surface area contributed by atoms with Crippen LogP contribution in [-0.4, -0.2) is 25.1 Å². The molecule has 1 aromatic rings. The van der Waals surface area contributed by atoms with E-state index in [-0.39, 0.29) is 5.91 Å². The summed E-state index contributed by atoms with van der Waals surface area (Å²) in [7, 11) is 0. The average molecular weight is 357 g/mol. The van der Waals surface area contributed by atoms with Crippen LogP contribution in [0.25, 0.3) is 0 Å². The Labute approximate surface area is 135 Å². The molecule has 0 fully saturated rings. The molecule has 0 saturated heterocycles. The first kappa shape index (κ1) is 18.0. The second kappa shape index (κ2) is 9.05. The van der Waals surface area contributed by atoms with Gasteiger partial charge in [0.2, 0.25) is 0 Å². The summed E-state index contributed by atoms with van der Waals surface area (Å²) in [5, 5.41) is 6.15. The van der Waals surface area contributed by atoms with E-state index in [1.807, 2.05) is 26.0 Å². The van der Waals surface area contributed by atoms with Gasteiger partial charge in [0.15, 0.2) is 6.10 Å². The van der Waals surface area contributed by atoms with Gasteiger partial charge in [-0.2, -0.15) is 0 Å². The van der Waals surface area contributed by atoms with Crippen molar-refractivity contribution in [2.24, 2.45) is 0 Å². The van der Waals surface area contributed by atoms with Crippen molar-refractivity contribution < 1.29 is 9.53 Å². The van der Waals surface area contributed by atoms with Gasteiger partial charge in [0, 0.05) is 23.1 Å². The van der Waals surface area contributed by atoms with Gasteiger partial charge in [-0.25, -0.2) is 0 Å². The largest absolute Gasteiger partial charge is 0.480 e. The number of rotatable bonds is 8. The quantitative estimate of drug-likeness (QED) is 0.752. The van der Waals surface area contributed by atoms with Crippen molar-refractivity contribution in [1.29, 1.82) is 0 Å². The van der Waals surface area contributed by atoms with Crippen molar-refractivity contribution >= 4 is 21.8 Å². The van der Waals surface area contributed by atoms with Crippen LogP contribution in [0.1, 0.15) is 38.3 Å². The molecular formula is C16H25BrN2O2. The summed E-state index contributed by atoms with van der Waals surface area (Å²) >= 11 is 3.51. The highest BCUT2D eigenvalue weighted by Gasteiger charge is 2.17. The molecule has 4 nitrogen and oxygen atoms in total. The fourth-order valence-electron chi connectivity index (χ4n) is 1.98. The van der Waals surface area contributed by atoms with Crippen molar-refractivity contribution in [3.63, 3.8) is 0 Å². The van der Waals surface area contributed by atoms with E-state index in [0.717, 1.165) is 40.9 Å². The fourth-order valence-corrected chi connectivity index (χ4v) is 2.60. The monoisotopic (exact) mass is 356 g/mol. The maximum absolute atomic E-state index is 11.9. The van der Waals surface area contributed by atoms with Gasteiger partial charge in [-0.3, -0.25) is 4.79 Å². The fraction of sp³-hybridized carbons (Fsp3) is 0.562. The highest BCUT2D eigenvalue weighted by Crippen LogP contribution is 2.29. The first-order chi connectivity index (χ1) is 9.99. The van der Waals surface area contributed by atoms with Gasteiger partial charge in [0.05, 0.1) is 0 Å². The maximum atomic E-state index is 11.9. The molecule has 0 aliphatic heterocycles. The molecule has 1 amide bonds. The molecule has 0 heterocycles. The molecule has 0 spiro atoms. The Bertz CT molecular complexity index is 478. The molecule has 118 valence electrons. The second-order valence-corrected chi connectivity index (χ2v) is 5.96. The lowest BCUT2D eigenvalue weighted by atomic mass is 10.1. The molecule has 1 unspecified atom stereocenters. The van der Waals surface area contributed by atoms with Crippen molar-refractivity contribution in [2.45, 2.75) is 46.8 Å². The molecule has 0 saturated carbocycles. The molecule has 0 aliphatic carbocycles. The van der Waals surface area contributed by atoms with Crippen LogP contribution in [0.15, 0.2) is 16.6 Å². The zero-order valence-electron chi connectivity index (χ0n) is 13.3. The number of carbonyl (C=O) groups excluding carboxylic acids is 1. The van der Waals surface area contributed by atoms with Crippen LogP contribution in [-0.2, 0) is 11.3 Å². The highest BCUT2D eigenvalue weighted by atomic mass is 79.9. The molecule has 1 aromatic carbocycles. The molecule has 2 N–H and O–H groups in total. The molecule has 5 heteroatoms. The molecule has 21 heavy (non-hydrogen) atoms. The first-order valence-corrected chi connectivity index (χ1v) is 8.23. The Kier molecular flexibility index (Phi) is 7.75. The number of nitrogens with one attached hydrogen (secondary N) is 2. The normalized spacial score (nSPS) is 12.0. The van der Waals surface area contributed by atoms with E-state index < -0.39 is 6.10 Å². The van der Waals surface area contributed by atoms with Gasteiger partial charge < -0.3 is 15.4 Å². The molecule has 1 atom stereocenters. The van der Waals surface area contributed by atoms with Crippen molar-refractivity contribution in [2.75, 3.05) is 13.1 Å². The molecule has 0 radical (unpaired) electrons. The van der Waals surface area contributed by atoms with Gasteiger partial charge in [0.1, 0.15) is 5.75 Å². The Morgan fingerprint density at radius 1 is 1.38 bits per heavy atom. The number of amides is 1. The predicted molar refractivity (Wildman–Crippen MR) is 89.7 cm³/mol. The van der Waals surface area contributed by atoms with E-state index in [4.69, 9.17) is 4.74 Å². The van der Waals surface area contributed by atoms with Crippen LogP contribution in [0.3, 0.4) is 0 Å². The number of carbonyl (C=O) groups is 1. The van der Waals surface area contributed by atoms with E-state index in [9.17, 15) is 4.79 Å². The maximum Gasteiger partial charge on any atom is 0.260 e. The van der Waals surface area contributed by atoms with Gasteiger partial charge >= 0.3 is 0 Å². The van der Waals surface area contributed by atoms with E-state index in [1.54, 1.807) is 6.92 Å². The third kappa shape index (κ3) is 5.67. The Balaban J connectivity index is 2.87. The third-order valence-electron chi connectivity index (χ3n) is 3.09. The van der Waals surface area contributed by atoms with Gasteiger partial charge in [-0.1, -0.05) is 29.8 Å². The minimum absolute atomic E-state index is 0.0754. The predicted octanol–water partition coefficient (Wildman–Crippen LogP) is 3.16. The lowest BCUT2D eigenvalue weighted by Crippen LogP contribution is -2.37. The summed E-state index contributed by atoms with van der Waals surface area (Å²) in [6, 6.07) is 4.03. The summed E-state index contributed by atoms with van der Waals surface area (Å²) in [5.74, 6) is 0.715. The molecule has 0 aromatic heterocycles. The summed E-state index contributed by atoms with van der Waals surface area (Å²) < 4.78 is 6.93. The summed E-state index contributed by atoms with van der Waals surface area (Å²) in [6.45, 7) is 10.1. The minimum atomic E-state index is -0.503. The van der Waals surface area contributed by atoms with Crippen molar-refractivity contribution in [3.05, 3.63) is 27.7 Å². The SMILES string of the molecule is CCCNC(=O)C(C)Oc1c(C)cc(Br)cc1CNCC. The van der Waals surface area contributed by atoms with E-state index in [1.165, 1.54) is 0 Å². The van der Waals surface area contributed by atoms with Crippen molar-refractivity contribution in [3.8, 4) is 5.75 Å². The second-order valence-electron chi connectivity index (χ2n) is 5.04. The lowest BCUT2D eigenvalue weighted by Gasteiger charge is -2.19. The van der Waals surface area contributed by atoms with Crippen LogP contribution < -0.4 is 15.4 Å². The Morgan fingerprint density at radius 3 is 2.71 bits per heavy atom. The number of aryl methyl sites for hydroxylation is 1. The summed E-state index contributed by atoms with van der Waals surface area (Å²) in [6.07, 6.45) is 0.415. The standard InChI is InChI=1S/C16H25BrN2O2/c1-5-7-19-16(20)12(4)21-15-11(3)8-14(17)9-13(15)10-18-6-2/h8-9,12,18H,5-7,10H2,1-4H3,(H,19,20). The number of ether oxygens (including phenoxy) is 1. The molecule has 0 aliphatic rings. The molecule has 0 bridgehead atoms. The number of benzene rings is 1. The van der Waals surface area contributed by atoms with E-state index in [2.05, 4.69) is 33.5 Å². The van der Waals surface area contributed by atoms with E-state index in [0.29, 0.717) is 6.54 Å². The Hall–Kier alpha value is -1.07. The average Bonchev–Trinajstić information content (AvgIpc) is 2.45. The van der Waals surface area contributed by atoms with E-state index >= 15 is 0 Å². The first-order valence-electron chi connectivity index (χ1n) is 7.43. The van der Waals surface area contributed by atoms with Gasteiger partial charge in [-0.15, -0.1) is 0 Å². The molecular weight excluding hydrogens is 332 g/mol. The number of hydrogen-bond acceptors (Lipinski definition) is 3. The van der Waals surface area contributed by atoms with Crippen LogP contribution in [0.2, 0.25) is 0 Å². The zero-order chi connectivity index (χ0) is 15.8. The smallest absolute Gasteiger partial charge is 0.260 e. The zero-order valence-corrected chi connectivity index (χ0v) is 14.8. The number of hydrogen-bond donors (Lipinski definition) is 2. The lowest BCUT2D eigenvalue weighted by molar-refractivity contribution is -0.127. The van der Waals surface area contributed by atoms with Crippen LogP contribution in [0.4, 0.5) is 0 Å². The summed E-state index contributed by atoms with van der Waals surface area (Å²) in [4.78, 5) is 11.9. The van der Waals surface area contributed by atoms with Crippen LogP contribution >= 0.6 is 15.9 Å². The summed E-state index contributed by atoms with van der Waals surface area (Å²) in [5.41, 5.74) is 2.08. The van der Waals surface area contributed by atoms with Gasteiger partial charge in [-0.05, 0) is 44.5 Å². The van der Waals surface area contributed by atoms with Crippen LogP contribution in [0, 0.1) is 6.92 Å². The third-order valence-corrected chi connectivity index (χ3v) is 3.55. The number of halogens is 1. The topological polar surface area (TPSA) is 50.4 Å². The van der Waals surface area contributed by atoms with Crippen molar-refractivity contribution in [1.82, 2.24) is 10.6 Å². The highest BCUT2D eigenvalue weighted by molar-refractivity contribution is 9.10. The minimum Gasteiger partial charge on any atom is -0.480 e.